The van der Waals surface area contributed by atoms with Gasteiger partial charge in [-0.05, 0) is 56.9 Å². The van der Waals surface area contributed by atoms with Gasteiger partial charge in [0.05, 0.1) is 35.4 Å². The number of anilines is 1. The van der Waals surface area contributed by atoms with Gasteiger partial charge in [0.2, 0.25) is 0 Å². The van der Waals surface area contributed by atoms with Gasteiger partial charge >= 0.3 is 0 Å². The summed E-state index contributed by atoms with van der Waals surface area (Å²) in [4.78, 5) is 17.2. The van der Waals surface area contributed by atoms with E-state index in [0.717, 1.165) is 36.5 Å². The molecule has 4 rings (SSSR count). The van der Waals surface area contributed by atoms with Gasteiger partial charge in [-0.25, -0.2) is 0 Å². The zero-order chi connectivity index (χ0) is 21.1. The highest BCUT2D eigenvalue weighted by Gasteiger charge is 2.33. The van der Waals surface area contributed by atoms with Crippen LogP contribution in [0.15, 0.2) is 42.7 Å². The number of aromatic nitrogens is 5. The van der Waals surface area contributed by atoms with E-state index >= 15 is 0 Å². The number of amides is 1. The lowest BCUT2D eigenvalue weighted by Crippen LogP contribution is -2.51. The third kappa shape index (κ3) is 4.17. The van der Waals surface area contributed by atoms with Crippen LogP contribution in [0.5, 0.6) is 0 Å². The zero-order valence-electron chi connectivity index (χ0n) is 17.6. The molecule has 156 valence electrons. The Kier molecular flexibility index (Phi) is 5.74. The smallest absolute Gasteiger partial charge is 0.256 e. The van der Waals surface area contributed by atoms with Crippen LogP contribution in [0, 0.1) is 19.8 Å². The summed E-state index contributed by atoms with van der Waals surface area (Å²) in [6.07, 6.45) is 5.32. The number of piperidine rings is 1. The fraction of sp³-hybridized carbons (Fsp3) is 0.409. The van der Waals surface area contributed by atoms with Crippen LogP contribution in [0.25, 0.3) is 5.69 Å². The van der Waals surface area contributed by atoms with Crippen LogP contribution < -0.4 is 5.32 Å². The van der Waals surface area contributed by atoms with Gasteiger partial charge in [-0.2, -0.15) is 20.1 Å². The fourth-order valence-corrected chi connectivity index (χ4v) is 4.01. The molecule has 8 heteroatoms. The van der Waals surface area contributed by atoms with Gasteiger partial charge in [0.15, 0.2) is 0 Å². The Morgan fingerprint density at radius 2 is 1.93 bits per heavy atom. The summed E-state index contributed by atoms with van der Waals surface area (Å²) in [5.41, 5.74) is 3.23. The minimum absolute atomic E-state index is 0.0133. The van der Waals surface area contributed by atoms with Crippen LogP contribution in [0.4, 0.5) is 5.82 Å². The van der Waals surface area contributed by atoms with Crippen molar-refractivity contribution in [2.75, 3.05) is 18.4 Å². The number of nitrogens with zero attached hydrogens (tertiary/aromatic N) is 6. The van der Waals surface area contributed by atoms with Crippen molar-refractivity contribution in [1.82, 2.24) is 30.1 Å². The predicted octanol–water partition coefficient (Wildman–Crippen LogP) is 3.03. The maximum Gasteiger partial charge on any atom is 0.256 e. The summed E-state index contributed by atoms with van der Waals surface area (Å²) < 4.78 is 0. The van der Waals surface area contributed by atoms with E-state index < -0.39 is 0 Å². The Balaban J connectivity index is 1.60. The monoisotopic (exact) mass is 405 g/mol. The number of carbonyl (C=O) groups excluding carboxylic acids is 1. The largest absolute Gasteiger partial charge is 0.367 e. The molecule has 1 saturated heterocycles. The number of carbonyl (C=O) groups is 1. The Morgan fingerprint density at radius 1 is 1.13 bits per heavy atom. The van der Waals surface area contributed by atoms with E-state index in [0.29, 0.717) is 23.7 Å². The van der Waals surface area contributed by atoms with Crippen molar-refractivity contribution >= 4 is 11.7 Å². The molecule has 0 spiro atoms. The third-order valence-corrected chi connectivity index (χ3v) is 5.68. The molecule has 2 atom stereocenters. The van der Waals surface area contributed by atoms with Crippen molar-refractivity contribution in [1.29, 1.82) is 0 Å². The van der Waals surface area contributed by atoms with Crippen molar-refractivity contribution in [2.24, 2.45) is 5.92 Å². The van der Waals surface area contributed by atoms with Crippen LogP contribution in [-0.2, 0) is 0 Å². The molecule has 3 aromatic rings. The molecule has 0 bridgehead atoms. The molecule has 30 heavy (non-hydrogen) atoms. The summed E-state index contributed by atoms with van der Waals surface area (Å²) in [5.74, 6) is 1.12. The number of likely N-dealkylation sites (tertiary alicyclic amines) is 1. The van der Waals surface area contributed by atoms with E-state index in [1.54, 1.807) is 12.4 Å². The predicted molar refractivity (Wildman–Crippen MR) is 115 cm³/mol. The maximum absolute atomic E-state index is 13.7. The SMILES string of the molecule is Cc1ccc(-n2nccn2)c(C(=O)N2CCC[C@@H](C)C2CNc2ccc(C)nn2)c1. The Bertz CT molecular complexity index is 1000. The second kappa shape index (κ2) is 8.61. The molecule has 1 aromatic carbocycles. The highest BCUT2D eigenvalue weighted by atomic mass is 16.2. The van der Waals surface area contributed by atoms with E-state index in [-0.39, 0.29) is 11.9 Å². The molecule has 1 fully saturated rings. The first kappa shape index (κ1) is 20.0. The van der Waals surface area contributed by atoms with Crippen LogP contribution in [-0.4, -0.2) is 55.1 Å². The second-order valence-electron chi connectivity index (χ2n) is 7.97. The van der Waals surface area contributed by atoms with Gasteiger partial charge in [0.1, 0.15) is 5.82 Å². The number of aryl methyl sites for hydroxylation is 2. The molecule has 0 aliphatic carbocycles. The van der Waals surface area contributed by atoms with E-state index in [1.807, 2.05) is 49.1 Å². The highest BCUT2D eigenvalue weighted by Crippen LogP contribution is 2.27. The van der Waals surface area contributed by atoms with Gasteiger partial charge in [0, 0.05) is 13.1 Å². The van der Waals surface area contributed by atoms with Gasteiger partial charge in [-0.15, -0.1) is 5.10 Å². The number of benzene rings is 1. The normalized spacial score (nSPS) is 19.0. The van der Waals surface area contributed by atoms with E-state index in [9.17, 15) is 4.79 Å². The third-order valence-electron chi connectivity index (χ3n) is 5.68. The van der Waals surface area contributed by atoms with Gasteiger partial charge in [-0.1, -0.05) is 18.6 Å². The molecule has 3 heterocycles. The first-order valence-electron chi connectivity index (χ1n) is 10.4. The van der Waals surface area contributed by atoms with Crippen molar-refractivity contribution in [3.05, 3.63) is 59.5 Å². The van der Waals surface area contributed by atoms with Crippen molar-refractivity contribution < 1.29 is 4.79 Å². The Hall–Kier alpha value is -3.29. The van der Waals surface area contributed by atoms with E-state index in [2.05, 4.69) is 32.6 Å². The molecule has 1 unspecified atom stereocenters. The Labute approximate surface area is 176 Å². The zero-order valence-corrected chi connectivity index (χ0v) is 17.6. The standard InChI is InChI=1S/C22H27N7O/c1-15-6-8-19(29-24-10-11-25-29)18(13-15)22(30)28-12-4-5-16(2)20(28)14-23-21-9-7-17(3)26-27-21/h6-11,13,16,20H,4-5,12,14H2,1-3H3,(H,23,27)/t16-,20?/m1/s1. The molecule has 0 saturated carbocycles. The lowest BCUT2D eigenvalue weighted by Gasteiger charge is -2.40. The summed E-state index contributed by atoms with van der Waals surface area (Å²) in [6.45, 7) is 7.47. The summed E-state index contributed by atoms with van der Waals surface area (Å²) in [7, 11) is 0. The minimum Gasteiger partial charge on any atom is -0.367 e. The number of nitrogens with one attached hydrogen (secondary N) is 1. The number of hydrogen-bond acceptors (Lipinski definition) is 6. The molecule has 1 aliphatic heterocycles. The van der Waals surface area contributed by atoms with E-state index in [1.165, 1.54) is 4.80 Å². The van der Waals surface area contributed by atoms with Gasteiger partial charge in [-0.3, -0.25) is 4.79 Å². The molecular weight excluding hydrogens is 378 g/mol. The first-order chi connectivity index (χ1) is 14.5. The molecule has 8 nitrogen and oxygen atoms in total. The average molecular weight is 406 g/mol. The fourth-order valence-electron chi connectivity index (χ4n) is 4.01. The topological polar surface area (TPSA) is 88.8 Å². The number of rotatable bonds is 5. The van der Waals surface area contributed by atoms with Crippen LogP contribution >= 0.6 is 0 Å². The minimum atomic E-state index is 0.0133. The molecule has 1 aliphatic rings. The lowest BCUT2D eigenvalue weighted by atomic mass is 9.89. The molecule has 1 N–H and O–H groups in total. The maximum atomic E-state index is 13.7. The molecule has 1 amide bonds. The average Bonchev–Trinajstić information content (AvgIpc) is 3.28. The van der Waals surface area contributed by atoms with Crippen molar-refractivity contribution in [3.8, 4) is 5.69 Å². The highest BCUT2D eigenvalue weighted by molar-refractivity contribution is 5.98. The molecular formula is C22H27N7O. The molecule has 0 radical (unpaired) electrons. The van der Waals surface area contributed by atoms with Crippen molar-refractivity contribution in [2.45, 2.75) is 39.7 Å². The van der Waals surface area contributed by atoms with Crippen LogP contribution in [0.3, 0.4) is 0 Å². The molecule has 2 aromatic heterocycles. The second-order valence-corrected chi connectivity index (χ2v) is 7.97. The van der Waals surface area contributed by atoms with E-state index in [4.69, 9.17) is 0 Å². The summed E-state index contributed by atoms with van der Waals surface area (Å²) in [5, 5.41) is 20.1. The van der Waals surface area contributed by atoms with Crippen molar-refractivity contribution in [3.63, 3.8) is 0 Å². The quantitative estimate of drug-likeness (QED) is 0.702. The first-order valence-corrected chi connectivity index (χ1v) is 10.4. The van der Waals surface area contributed by atoms with Crippen LogP contribution in [0.1, 0.15) is 41.4 Å². The summed E-state index contributed by atoms with van der Waals surface area (Å²) >= 11 is 0. The Morgan fingerprint density at radius 3 is 2.67 bits per heavy atom. The van der Waals surface area contributed by atoms with Gasteiger partial charge in [0.25, 0.3) is 5.91 Å². The lowest BCUT2D eigenvalue weighted by molar-refractivity contribution is 0.0539. The summed E-state index contributed by atoms with van der Waals surface area (Å²) in [6, 6.07) is 9.72. The van der Waals surface area contributed by atoms with Gasteiger partial charge < -0.3 is 10.2 Å². The number of hydrogen-bond donors (Lipinski definition) is 1. The van der Waals surface area contributed by atoms with Crippen LogP contribution in [0.2, 0.25) is 0 Å².